The third-order valence-corrected chi connectivity index (χ3v) is 3.59. The molecule has 3 rings (SSSR count). The maximum absolute atomic E-state index is 5.31. The lowest BCUT2D eigenvalue weighted by Gasteiger charge is -2.10. The van der Waals surface area contributed by atoms with Crippen LogP contribution in [0.3, 0.4) is 0 Å². The van der Waals surface area contributed by atoms with Gasteiger partial charge in [0, 0.05) is 12.6 Å². The van der Waals surface area contributed by atoms with E-state index in [0.717, 1.165) is 12.0 Å². The Kier molecular flexibility index (Phi) is 5.47. The molecular formula is C17H20N6O3. The van der Waals surface area contributed by atoms with Crippen molar-refractivity contribution < 1.29 is 14.0 Å². The third-order valence-electron chi connectivity index (χ3n) is 3.59. The molecule has 0 unspecified atom stereocenters. The molecule has 136 valence electrons. The van der Waals surface area contributed by atoms with Crippen molar-refractivity contribution in [2.24, 2.45) is 0 Å². The number of hydrogen-bond acceptors (Lipinski definition) is 9. The van der Waals surface area contributed by atoms with Crippen LogP contribution in [0.2, 0.25) is 0 Å². The van der Waals surface area contributed by atoms with Crippen LogP contribution in [0.15, 0.2) is 35.0 Å². The molecule has 1 aromatic carbocycles. The molecular weight excluding hydrogens is 336 g/mol. The molecule has 0 radical (unpaired) electrons. The van der Waals surface area contributed by atoms with Crippen molar-refractivity contribution in [3.8, 4) is 11.5 Å². The van der Waals surface area contributed by atoms with Crippen molar-refractivity contribution in [3.05, 3.63) is 41.8 Å². The van der Waals surface area contributed by atoms with Crippen LogP contribution in [0, 0.1) is 6.92 Å². The number of methoxy groups -OCH3 is 2. The Morgan fingerprint density at radius 2 is 1.92 bits per heavy atom. The van der Waals surface area contributed by atoms with Gasteiger partial charge in [0.1, 0.15) is 5.76 Å². The molecule has 2 N–H and O–H groups in total. The van der Waals surface area contributed by atoms with E-state index in [0.29, 0.717) is 41.4 Å². The second kappa shape index (κ2) is 8.15. The van der Waals surface area contributed by atoms with E-state index in [1.165, 1.54) is 6.20 Å². The lowest BCUT2D eigenvalue weighted by atomic mass is 10.1. The van der Waals surface area contributed by atoms with Crippen molar-refractivity contribution in [1.82, 2.24) is 20.3 Å². The van der Waals surface area contributed by atoms with Crippen LogP contribution in [0.4, 0.5) is 17.6 Å². The molecule has 2 heterocycles. The highest BCUT2D eigenvalue weighted by Gasteiger charge is 2.06. The van der Waals surface area contributed by atoms with Gasteiger partial charge in [0.15, 0.2) is 23.1 Å². The van der Waals surface area contributed by atoms with Gasteiger partial charge in [0.05, 0.1) is 20.4 Å². The van der Waals surface area contributed by atoms with E-state index in [9.17, 15) is 0 Å². The minimum Gasteiger partial charge on any atom is -0.493 e. The summed E-state index contributed by atoms with van der Waals surface area (Å²) in [5.74, 6) is 3.65. The summed E-state index contributed by atoms with van der Waals surface area (Å²) in [5.41, 5.74) is 1.11. The van der Waals surface area contributed by atoms with Crippen LogP contribution in [0.5, 0.6) is 11.5 Å². The van der Waals surface area contributed by atoms with Crippen LogP contribution in [0.25, 0.3) is 0 Å². The lowest BCUT2D eigenvalue weighted by Crippen LogP contribution is -2.10. The van der Waals surface area contributed by atoms with Gasteiger partial charge in [-0.1, -0.05) is 11.2 Å². The fourth-order valence-corrected chi connectivity index (χ4v) is 2.35. The van der Waals surface area contributed by atoms with Crippen molar-refractivity contribution in [1.29, 1.82) is 0 Å². The molecule has 0 aliphatic carbocycles. The first-order valence-electron chi connectivity index (χ1n) is 8.03. The van der Waals surface area contributed by atoms with Gasteiger partial charge in [-0.15, -0.1) is 5.10 Å². The highest BCUT2D eigenvalue weighted by Crippen LogP contribution is 2.27. The van der Waals surface area contributed by atoms with Gasteiger partial charge in [-0.05, 0) is 31.0 Å². The lowest BCUT2D eigenvalue weighted by molar-refractivity contribution is 0.354. The van der Waals surface area contributed by atoms with Gasteiger partial charge in [0.25, 0.3) is 0 Å². The zero-order valence-corrected chi connectivity index (χ0v) is 14.8. The minimum absolute atomic E-state index is 0.427. The average molecular weight is 356 g/mol. The number of nitrogens with one attached hydrogen (secondary N) is 2. The first-order chi connectivity index (χ1) is 12.7. The van der Waals surface area contributed by atoms with E-state index >= 15 is 0 Å². The molecule has 0 saturated carbocycles. The van der Waals surface area contributed by atoms with Gasteiger partial charge >= 0.3 is 0 Å². The summed E-state index contributed by atoms with van der Waals surface area (Å²) in [6.07, 6.45) is 2.29. The van der Waals surface area contributed by atoms with E-state index in [-0.39, 0.29) is 0 Å². The monoisotopic (exact) mass is 356 g/mol. The first-order valence-corrected chi connectivity index (χ1v) is 8.03. The van der Waals surface area contributed by atoms with E-state index in [2.05, 4.69) is 31.0 Å². The molecule has 0 bridgehead atoms. The van der Waals surface area contributed by atoms with Crippen molar-refractivity contribution in [2.45, 2.75) is 13.3 Å². The number of aromatic nitrogens is 4. The normalized spacial score (nSPS) is 10.4. The molecule has 0 amide bonds. The van der Waals surface area contributed by atoms with E-state index in [1.54, 1.807) is 20.3 Å². The Hall–Kier alpha value is -3.36. The molecule has 9 heteroatoms. The number of hydrogen-bond donors (Lipinski definition) is 2. The number of ether oxygens (including phenoxy) is 2. The van der Waals surface area contributed by atoms with Crippen LogP contribution in [0.1, 0.15) is 11.3 Å². The van der Waals surface area contributed by atoms with Gasteiger partial charge in [-0.25, -0.2) is 0 Å². The second-order valence-corrected chi connectivity index (χ2v) is 5.48. The van der Waals surface area contributed by atoms with Gasteiger partial charge in [0.2, 0.25) is 5.95 Å². The largest absolute Gasteiger partial charge is 0.493 e. The number of anilines is 3. The van der Waals surface area contributed by atoms with Crippen molar-refractivity contribution in [3.63, 3.8) is 0 Å². The Labute approximate surface area is 150 Å². The standard InChI is InChI=1S/C17H20N6O3/c1-11-8-15(23-26-11)20-16-10-19-22-17(21-16)18-7-6-12-4-5-13(24-2)14(9-12)25-3/h4-5,8-10H,6-7H2,1-3H3,(H2,18,20,21,22,23). The van der Waals surface area contributed by atoms with Gasteiger partial charge < -0.3 is 24.6 Å². The summed E-state index contributed by atoms with van der Waals surface area (Å²) in [5, 5.41) is 17.9. The average Bonchev–Trinajstić information content (AvgIpc) is 3.06. The number of aryl methyl sites for hydroxylation is 1. The zero-order chi connectivity index (χ0) is 18.4. The summed E-state index contributed by atoms with van der Waals surface area (Å²) in [6, 6.07) is 7.60. The Bertz CT molecular complexity index is 867. The SMILES string of the molecule is COc1ccc(CCNc2nncc(Nc3cc(C)on3)n2)cc1OC. The fourth-order valence-electron chi connectivity index (χ4n) is 2.35. The maximum atomic E-state index is 5.31. The smallest absolute Gasteiger partial charge is 0.244 e. The topological polar surface area (TPSA) is 107 Å². The molecule has 0 atom stereocenters. The van der Waals surface area contributed by atoms with E-state index < -0.39 is 0 Å². The van der Waals surface area contributed by atoms with Gasteiger partial charge in [-0.3, -0.25) is 0 Å². The molecule has 0 aliphatic rings. The summed E-state index contributed by atoms with van der Waals surface area (Å²) in [4.78, 5) is 4.35. The first kappa shape index (κ1) is 17.5. The highest BCUT2D eigenvalue weighted by atomic mass is 16.5. The molecule has 0 saturated heterocycles. The number of benzene rings is 1. The summed E-state index contributed by atoms with van der Waals surface area (Å²) >= 11 is 0. The molecule has 26 heavy (non-hydrogen) atoms. The van der Waals surface area contributed by atoms with Crippen molar-refractivity contribution >= 4 is 17.6 Å². The quantitative estimate of drug-likeness (QED) is 0.629. The predicted octanol–water partition coefficient (Wildman–Crippen LogP) is 2.58. The molecule has 0 aliphatic heterocycles. The highest BCUT2D eigenvalue weighted by molar-refractivity contribution is 5.51. The molecule has 3 aromatic rings. The maximum Gasteiger partial charge on any atom is 0.244 e. The summed E-state index contributed by atoms with van der Waals surface area (Å²) in [6.45, 7) is 2.46. The molecule has 0 spiro atoms. The molecule has 2 aromatic heterocycles. The van der Waals surface area contributed by atoms with Crippen LogP contribution < -0.4 is 20.1 Å². The summed E-state index contributed by atoms with van der Waals surface area (Å²) < 4.78 is 15.6. The second-order valence-electron chi connectivity index (χ2n) is 5.48. The van der Waals surface area contributed by atoms with E-state index in [4.69, 9.17) is 14.0 Å². The molecule has 9 nitrogen and oxygen atoms in total. The zero-order valence-electron chi connectivity index (χ0n) is 14.8. The number of nitrogens with zero attached hydrogens (tertiary/aromatic N) is 4. The minimum atomic E-state index is 0.427. The van der Waals surface area contributed by atoms with Crippen LogP contribution in [-0.2, 0) is 6.42 Å². The van der Waals surface area contributed by atoms with Gasteiger partial charge in [-0.2, -0.15) is 10.1 Å². The Balaban J connectivity index is 1.57. The molecule has 0 fully saturated rings. The Morgan fingerprint density at radius 3 is 2.65 bits per heavy atom. The van der Waals surface area contributed by atoms with E-state index in [1.807, 2.05) is 25.1 Å². The van der Waals surface area contributed by atoms with Crippen molar-refractivity contribution in [2.75, 3.05) is 31.4 Å². The number of rotatable bonds is 8. The predicted molar refractivity (Wildman–Crippen MR) is 96.1 cm³/mol. The third kappa shape index (κ3) is 4.38. The Morgan fingerprint density at radius 1 is 1.08 bits per heavy atom. The van der Waals surface area contributed by atoms with Crippen LogP contribution >= 0.6 is 0 Å². The summed E-state index contributed by atoms with van der Waals surface area (Å²) in [7, 11) is 3.24. The fraction of sp³-hybridized carbons (Fsp3) is 0.294. The van der Waals surface area contributed by atoms with Crippen LogP contribution in [-0.4, -0.2) is 41.1 Å².